The minimum absolute atomic E-state index is 0.309. The molecule has 0 fully saturated rings. The van der Waals surface area contributed by atoms with Crippen molar-refractivity contribution < 1.29 is 14.3 Å². The van der Waals surface area contributed by atoms with Crippen LogP contribution in [0, 0.1) is 0 Å². The number of methoxy groups -OCH3 is 1. The van der Waals surface area contributed by atoms with Gasteiger partial charge in [0, 0.05) is 21.4 Å². The van der Waals surface area contributed by atoms with Crippen molar-refractivity contribution in [2.24, 2.45) is 0 Å². The molecule has 0 aliphatic heterocycles. The average Bonchev–Trinajstić information content (AvgIpc) is 2.49. The van der Waals surface area contributed by atoms with Crippen molar-refractivity contribution in [3.63, 3.8) is 0 Å². The molecule has 2 aromatic rings. The summed E-state index contributed by atoms with van der Waals surface area (Å²) in [6, 6.07) is 11.4. The summed E-state index contributed by atoms with van der Waals surface area (Å²) in [7, 11) is 1.30. The minimum Gasteiger partial charge on any atom is -0.465 e. The number of ether oxygens (including phenoxy) is 1. The Balaban J connectivity index is 2.19. The number of nitrogens with two attached hydrogens (primary N) is 1. The van der Waals surface area contributed by atoms with Gasteiger partial charge in [0.05, 0.1) is 12.7 Å². The van der Waals surface area contributed by atoms with E-state index in [9.17, 15) is 9.59 Å². The van der Waals surface area contributed by atoms with E-state index in [0.717, 1.165) is 4.47 Å². The molecule has 5 nitrogen and oxygen atoms in total. The Morgan fingerprint density at radius 2 is 1.90 bits per heavy atom. The molecule has 0 saturated carbocycles. The van der Waals surface area contributed by atoms with Crippen molar-refractivity contribution in [3.8, 4) is 0 Å². The number of amides is 1. The van der Waals surface area contributed by atoms with Gasteiger partial charge in [-0.1, -0.05) is 6.07 Å². The van der Waals surface area contributed by atoms with Crippen LogP contribution < -0.4 is 11.1 Å². The number of nitrogens with one attached hydrogen (secondary N) is 1. The second kappa shape index (κ2) is 6.41. The van der Waals surface area contributed by atoms with Gasteiger partial charge in [-0.2, -0.15) is 0 Å². The summed E-state index contributed by atoms with van der Waals surface area (Å²) in [5, 5.41) is 2.71. The van der Waals surface area contributed by atoms with Crippen molar-refractivity contribution in [1.82, 2.24) is 0 Å². The zero-order valence-electron chi connectivity index (χ0n) is 11.2. The molecule has 0 aliphatic carbocycles. The summed E-state index contributed by atoms with van der Waals surface area (Å²) >= 11 is 3.27. The van der Waals surface area contributed by atoms with Crippen LogP contribution in [0.15, 0.2) is 46.9 Å². The number of anilines is 2. The zero-order chi connectivity index (χ0) is 15.4. The third-order valence-corrected chi connectivity index (χ3v) is 3.52. The maximum absolute atomic E-state index is 12.1. The van der Waals surface area contributed by atoms with Gasteiger partial charge in [0.15, 0.2) is 0 Å². The molecule has 6 heteroatoms. The smallest absolute Gasteiger partial charge is 0.337 e. The number of nitrogen functional groups attached to an aromatic ring is 1. The first kappa shape index (κ1) is 15.1. The topological polar surface area (TPSA) is 81.4 Å². The maximum atomic E-state index is 12.1. The second-order valence-electron chi connectivity index (χ2n) is 4.26. The van der Waals surface area contributed by atoms with Crippen LogP contribution in [0.25, 0.3) is 0 Å². The molecule has 0 heterocycles. The van der Waals surface area contributed by atoms with Gasteiger partial charge in [0.1, 0.15) is 0 Å². The van der Waals surface area contributed by atoms with E-state index in [1.807, 2.05) is 0 Å². The van der Waals surface area contributed by atoms with Gasteiger partial charge in [-0.3, -0.25) is 4.79 Å². The Morgan fingerprint density at radius 1 is 1.14 bits per heavy atom. The lowest BCUT2D eigenvalue weighted by Crippen LogP contribution is -2.13. The SMILES string of the molecule is COC(=O)c1cccc(NC(=O)c2ccc(Br)c(N)c2)c1. The lowest BCUT2D eigenvalue weighted by Gasteiger charge is -2.08. The van der Waals surface area contributed by atoms with Gasteiger partial charge in [-0.15, -0.1) is 0 Å². The monoisotopic (exact) mass is 348 g/mol. The molecule has 0 atom stereocenters. The van der Waals surface area contributed by atoms with Crippen LogP contribution >= 0.6 is 15.9 Å². The van der Waals surface area contributed by atoms with Gasteiger partial charge in [0.25, 0.3) is 5.91 Å². The maximum Gasteiger partial charge on any atom is 0.337 e. The van der Waals surface area contributed by atoms with E-state index in [-0.39, 0.29) is 5.91 Å². The number of benzene rings is 2. The third-order valence-electron chi connectivity index (χ3n) is 2.80. The molecule has 1 amide bonds. The minimum atomic E-state index is -0.459. The molecule has 0 aliphatic rings. The van der Waals surface area contributed by atoms with Crippen molar-refractivity contribution in [3.05, 3.63) is 58.1 Å². The van der Waals surface area contributed by atoms with Crippen LogP contribution in [0.4, 0.5) is 11.4 Å². The van der Waals surface area contributed by atoms with Gasteiger partial charge in [0.2, 0.25) is 0 Å². The molecule has 2 rings (SSSR count). The summed E-state index contributed by atoms with van der Waals surface area (Å²) in [6.07, 6.45) is 0. The van der Waals surface area contributed by atoms with Crippen LogP contribution in [-0.2, 0) is 4.74 Å². The molecule has 0 radical (unpaired) electrons. The molecular weight excluding hydrogens is 336 g/mol. The molecule has 21 heavy (non-hydrogen) atoms. The molecule has 0 aromatic heterocycles. The van der Waals surface area contributed by atoms with Gasteiger partial charge >= 0.3 is 5.97 Å². The number of esters is 1. The van der Waals surface area contributed by atoms with Crippen molar-refractivity contribution in [1.29, 1.82) is 0 Å². The average molecular weight is 349 g/mol. The molecule has 3 N–H and O–H groups in total. The highest BCUT2D eigenvalue weighted by Gasteiger charge is 2.10. The first-order valence-corrected chi connectivity index (χ1v) is 6.85. The number of carbonyl (C=O) groups excluding carboxylic acids is 2. The van der Waals surface area contributed by atoms with E-state index < -0.39 is 5.97 Å². The Bertz CT molecular complexity index is 701. The first-order valence-electron chi connectivity index (χ1n) is 6.06. The van der Waals surface area contributed by atoms with E-state index in [1.54, 1.807) is 42.5 Å². The normalized spacial score (nSPS) is 10.0. The quantitative estimate of drug-likeness (QED) is 0.659. The second-order valence-corrected chi connectivity index (χ2v) is 5.12. The van der Waals surface area contributed by atoms with Crippen LogP contribution in [0.5, 0.6) is 0 Å². The Labute approximate surface area is 130 Å². The standard InChI is InChI=1S/C15H13BrN2O3/c1-21-15(20)10-3-2-4-11(7-10)18-14(19)9-5-6-12(16)13(17)8-9/h2-8H,17H2,1H3,(H,18,19). The van der Waals surface area contributed by atoms with Crippen molar-refractivity contribution >= 4 is 39.2 Å². The third kappa shape index (κ3) is 3.61. The Hall–Kier alpha value is -2.34. The highest BCUT2D eigenvalue weighted by atomic mass is 79.9. The largest absolute Gasteiger partial charge is 0.465 e. The molecular formula is C15H13BrN2O3. The fourth-order valence-electron chi connectivity index (χ4n) is 1.73. The molecule has 108 valence electrons. The predicted octanol–water partition coefficient (Wildman–Crippen LogP) is 3.07. The molecule has 0 bridgehead atoms. The lowest BCUT2D eigenvalue weighted by molar-refractivity contribution is 0.0600. The number of hydrogen-bond donors (Lipinski definition) is 2. The Kier molecular flexibility index (Phi) is 4.59. The predicted molar refractivity (Wildman–Crippen MR) is 84.3 cm³/mol. The van der Waals surface area contributed by atoms with Crippen molar-refractivity contribution in [2.45, 2.75) is 0 Å². The summed E-state index contributed by atoms with van der Waals surface area (Å²) in [4.78, 5) is 23.6. The number of hydrogen-bond acceptors (Lipinski definition) is 4. The molecule has 0 saturated heterocycles. The van der Waals surface area contributed by atoms with Crippen LogP contribution in [0.2, 0.25) is 0 Å². The van der Waals surface area contributed by atoms with E-state index in [1.165, 1.54) is 7.11 Å². The van der Waals surface area contributed by atoms with Gasteiger partial charge < -0.3 is 15.8 Å². The first-order chi connectivity index (χ1) is 10.0. The Morgan fingerprint density at radius 3 is 2.57 bits per heavy atom. The summed E-state index contributed by atoms with van der Waals surface area (Å²) in [6.45, 7) is 0. The number of carbonyl (C=O) groups is 2. The lowest BCUT2D eigenvalue weighted by atomic mass is 10.1. The van der Waals surface area contributed by atoms with E-state index in [0.29, 0.717) is 22.5 Å². The van der Waals surface area contributed by atoms with Crippen LogP contribution in [-0.4, -0.2) is 19.0 Å². The zero-order valence-corrected chi connectivity index (χ0v) is 12.8. The highest BCUT2D eigenvalue weighted by molar-refractivity contribution is 9.10. The summed E-state index contributed by atoms with van der Waals surface area (Å²) in [5.41, 5.74) is 7.52. The van der Waals surface area contributed by atoms with Crippen molar-refractivity contribution in [2.75, 3.05) is 18.2 Å². The fourth-order valence-corrected chi connectivity index (χ4v) is 1.98. The van der Waals surface area contributed by atoms with E-state index in [2.05, 4.69) is 26.0 Å². The van der Waals surface area contributed by atoms with Gasteiger partial charge in [-0.05, 0) is 52.3 Å². The van der Waals surface area contributed by atoms with Gasteiger partial charge in [-0.25, -0.2) is 4.79 Å². The molecule has 0 spiro atoms. The van der Waals surface area contributed by atoms with Crippen LogP contribution in [0.3, 0.4) is 0 Å². The summed E-state index contributed by atoms with van der Waals surface area (Å²) < 4.78 is 5.36. The number of halogens is 1. The fraction of sp³-hybridized carbons (Fsp3) is 0.0667. The van der Waals surface area contributed by atoms with Crippen LogP contribution in [0.1, 0.15) is 20.7 Å². The van der Waals surface area contributed by atoms with E-state index >= 15 is 0 Å². The molecule has 0 unspecified atom stereocenters. The molecule has 2 aromatic carbocycles. The highest BCUT2D eigenvalue weighted by Crippen LogP contribution is 2.21. The van der Waals surface area contributed by atoms with E-state index in [4.69, 9.17) is 5.73 Å². The number of rotatable bonds is 3. The summed E-state index contributed by atoms with van der Waals surface area (Å²) in [5.74, 6) is -0.768.